The van der Waals surface area contributed by atoms with E-state index >= 15 is 0 Å². The molecule has 438 valence electrons. The molecule has 0 saturated carbocycles. The Morgan fingerprint density at radius 3 is 0.724 bits per heavy atom. The van der Waals surface area contributed by atoms with Gasteiger partial charge in [-0.25, -0.2) is 16.8 Å². The molecule has 0 radical (unpaired) electrons. The maximum atomic E-state index is 10.5. The van der Waals surface area contributed by atoms with E-state index in [2.05, 4.69) is 20.8 Å². The smallest absolute Gasteiger partial charge is 0.748 e. The third-order valence-electron chi connectivity index (χ3n) is 9.35. The van der Waals surface area contributed by atoms with Gasteiger partial charge in [0.15, 0.2) is 11.5 Å². The van der Waals surface area contributed by atoms with Crippen molar-refractivity contribution in [3.63, 3.8) is 0 Å². The summed E-state index contributed by atoms with van der Waals surface area (Å²) in [6.07, 6.45) is 0.344. The van der Waals surface area contributed by atoms with E-state index in [4.69, 9.17) is 85.3 Å². The summed E-state index contributed by atoms with van der Waals surface area (Å²) >= 11 is 0. The summed E-state index contributed by atoms with van der Waals surface area (Å²) < 4.78 is 163. The summed E-state index contributed by atoms with van der Waals surface area (Å²) in [7, 11) is -8.39. The Kier molecular flexibility index (Phi) is 59.2. The topological polar surface area (TPSA) is 281 Å². The SMILES string of the molecule is CC(C)(C)c1ccc(OCCOCCOCCOCCOCCOCCOCCOCCOCCCS(=O)(=O)[O-])c(OCCOCCOCCOCCOCCOCCOCCOCCOCCCS(=O)(=O)[O-])c1.[K+].[K+]. The van der Waals surface area contributed by atoms with E-state index in [-0.39, 0.29) is 134 Å². The van der Waals surface area contributed by atoms with Gasteiger partial charge in [0, 0.05) is 24.7 Å². The second kappa shape index (κ2) is 56.7. The van der Waals surface area contributed by atoms with Crippen molar-refractivity contribution >= 4 is 20.2 Å². The normalized spacial score (nSPS) is 12.0. The molecule has 28 heteroatoms. The van der Waals surface area contributed by atoms with Crippen LogP contribution in [0.5, 0.6) is 11.5 Å². The third kappa shape index (κ3) is 58.5. The maximum absolute atomic E-state index is 10.5. The van der Waals surface area contributed by atoms with Crippen molar-refractivity contribution in [2.24, 2.45) is 0 Å². The first-order valence-electron chi connectivity index (χ1n) is 25.3. The standard InChI is InChI=1S/C48H90O24S2.2K/c1-48(2,3)45-6-7-46(71-40-38-69-36-34-67-32-30-65-28-26-63-24-22-61-20-18-59-16-14-57-12-10-55-8-4-42-73(49,50)51)47(44-45)72-41-39-70-37-35-68-33-31-66-29-27-64-25-23-62-21-19-60-17-15-58-13-11-56-9-5-43-74(52,53)54;;/h6-7,44H,4-5,8-43H2,1-3H3,(H,49,50,51)(H,52,53,54);;/q;2*+1/p-2. The van der Waals surface area contributed by atoms with Crippen molar-refractivity contribution in [3.8, 4) is 11.5 Å². The van der Waals surface area contributed by atoms with E-state index in [1.165, 1.54) is 0 Å². The molecule has 0 spiro atoms. The van der Waals surface area contributed by atoms with Gasteiger partial charge in [-0.1, -0.05) is 26.8 Å². The van der Waals surface area contributed by atoms with Crippen LogP contribution in [-0.2, 0) is 101 Å². The Bertz CT molecular complexity index is 1620. The first-order valence-corrected chi connectivity index (χ1v) is 28.4. The van der Waals surface area contributed by atoms with Crippen molar-refractivity contribution in [3.05, 3.63) is 23.8 Å². The molecule has 0 fully saturated rings. The predicted molar refractivity (Wildman–Crippen MR) is 268 cm³/mol. The van der Waals surface area contributed by atoms with Gasteiger partial charge in [-0.2, -0.15) is 0 Å². The molecule has 76 heavy (non-hydrogen) atoms. The molecule has 1 aromatic carbocycles. The fraction of sp³-hybridized carbons (Fsp3) is 0.875. The van der Waals surface area contributed by atoms with Crippen LogP contribution in [-0.4, -0.2) is 262 Å². The fourth-order valence-corrected chi connectivity index (χ4v) is 6.53. The average molecular weight is 1190 g/mol. The summed E-state index contributed by atoms with van der Waals surface area (Å²) in [6, 6.07) is 5.97. The van der Waals surface area contributed by atoms with Crippen LogP contribution in [0.15, 0.2) is 18.2 Å². The second-order valence-corrected chi connectivity index (χ2v) is 19.7. The third-order valence-corrected chi connectivity index (χ3v) is 10.9. The van der Waals surface area contributed by atoms with Gasteiger partial charge in [-0.15, -0.1) is 0 Å². The first-order chi connectivity index (χ1) is 35.8. The Morgan fingerprint density at radius 1 is 0.316 bits per heavy atom. The predicted octanol–water partition coefficient (Wildman–Crippen LogP) is -4.11. The Morgan fingerprint density at radius 2 is 0.513 bits per heavy atom. The molecule has 1 aromatic rings. The van der Waals surface area contributed by atoms with E-state index < -0.39 is 31.7 Å². The van der Waals surface area contributed by atoms with Crippen LogP contribution < -0.4 is 112 Å². The van der Waals surface area contributed by atoms with Crippen molar-refractivity contribution < 1.29 is 214 Å². The van der Waals surface area contributed by atoms with Crippen LogP contribution in [0.4, 0.5) is 0 Å². The molecular formula is C48H88K2O24S2. The molecule has 0 aliphatic heterocycles. The van der Waals surface area contributed by atoms with Gasteiger partial charge in [-0.05, 0) is 36.0 Å². The van der Waals surface area contributed by atoms with Crippen LogP contribution in [0, 0.1) is 0 Å². The van der Waals surface area contributed by atoms with Gasteiger partial charge >= 0.3 is 103 Å². The molecule has 24 nitrogen and oxygen atoms in total. The van der Waals surface area contributed by atoms with Crippen molar-refractivity contribution in [2.45, 2.75) is 39.0 Å². The number of ether oxygens (including phenoxy) is 18. The molecule has 0 aliphatic rings. The molecule has 0 atom stereocenters. The molecular weight excluding hydrogens is 1100 g/mol. The van der Waals surface area contributed by atoms with E-state index in [9.17, 15) is 25.9 Å². The molecule has 0 heterocycles. The largest absolute Gasteiger partial charge is 1.00 e. The van der Waals surface area contributed by atoms with E-state index in [1.807, 2.05) is 18.2 Å². The Hall–Kier alpha value is 1.27. The molecule has 0 aromatic heterocycles. The number of benzene rings is 1. The zero-order chi connectivity index (χ0) is 54.0. The van der Waals surface area contributed by atoms with Gasteiger partial charge in [0.2, 0.25) is 0 Å². The number of hydrogen-bond acceptors (Lipinski definition) is 24. The van der Waals surface area contributed by atoms with Crippen molar-refractivity contribution in [2.75, 3.05) is 236 Å². The van der Waals surface area contributed by atoms with Crippen molar-refractivity contribution in [1.82, 2.24) is 0 Å². The minimum absolute atomic E-state index is 0. The molecule has 0 saturated heterocycles. The molecule has 0 bridgehead atoms. The molecule has 0 amide bonds. The Balaban J connectivity index is 0. The van der Waals surface area contributed by atoms with Crippen LogP contribution >= 0.6 is 0 Å². The summed E-state index contributed by atoms with van der Waals surface area (Å²) in [6.45, 7) is 20.0. The molecule has 1 rings (SSSR count). The van der Waals surface area contributed by atoms with Crippen LogP contribution in [0.2, 0.25) is 0 Å². The number of hydrogen-bond donors (Lipinski definition) is 0. The fourth-order valence-electron chi connectivity index (χ4n) is 5.59. The minimum Gasteiger partial charge on any atom is -0.748 e. The second-order valence-electron chi connectivity index (χ2n) is 16.6. The quantitative estimate of drug-likeness (QED) is 0.0340. The van der Waals surface area contributed by atoms with E-state index in [1.54, 1.807) is 0 Å². The molecule has 0 unspecified atom stereocenters. The van der Waals surface area contributed by atoms with Gasteiger partial charge in [0.25, 0.3) is 0 Å². The maximum Gasteiger partial charge on any atom is 1.00 e. The molecule has 0 N–H and O–H groups in total. The van der Waals surface area contributed by atoms with E-state index in [0.29, 0.717) is 223 Å². The first kappa shape index (κ1) is 79.3. The van der Waals surface area contributed by atoms with Crippen LogP contribution in [0.1, 0.15) is 39.2 Å². The summed E-state index contributed by atoms with van der Waals surface area (Å²) in [5.74, 6) is 0.421. The summed E-state index contributed by atoms with van der Waals surface area (Å²) in [5.41, 5.74) is 1.05. The van der Waals surface area contributed by atoms with Gasteiger partial charge < -0.3 is 94.4 Å². The zero-order valence-corrected chi connectivity index (χ0v) is 54.1. The summed E-state index contributed by atoms with van der Waals surface area (Å²) in [4.78, 5) is 0. The van der Waals surface area contributed by atoms with Crippen molar-refractivity contribution in [1.29, 1.82) is 0 Å². The zero-order valence-electron chi connectivity index (χ0n) is 46.2. The van der Waals surface area contributed by atoms with Crippen LogP contribution in [0.3, 0.4) is 0 Å². The van der Waals surface area contributed by atoms with Gasteiger partial charge in [-0.3, -0.25) is 0 Å². The minimum atomic E-state index is -4.19. The summed E-state index contributed by atoms with van der Waals surface area (Å²) in [5, 5.41) is 0. The number of rotatable bonds is 58. The van der Waals surface area contributed by atoms with E-state index in [0.717, 1.165) is 5.56 Å². The van der Waals surface area contributed by atoms with Gasteiger partial charge in [0.1, 0.15) is 13.2 Å². The molecule has 0 aliphatic carbocycles. The van der Waals surface area contributed by atoms with Crippen LogP contribution in [0.25, 0.3) is 0 Å². The Labute approximate surface area is 538 Å². The van der Waals surface area contributed by atoms with Gasteiger partial charge in [0.05, 0.1) is 218 Å². The average Bonchev–Trinajstić information content (AvgIpc) is 3.34. The monoisotopic (exact) mass is 1190 g/mol.